The summed E-state index contributed by atoms with van der Waals surface area (Å²) < 4.78 is 0. The van der Waals surface area contributed by atoms with Crippen molar-refractivity contribution in [1.29, 1.82) is 0 Å². The van der Waals surface area contributed by atoms with Gasteiger partial charge in [0, 0.05) is 23.8 Å². The van der Waals surface area contributed by atoms with Crippen LogP contribution in [-0.4, -0.2) is 37.6 Å². The Morgan fingerprint density at radius 3 is 2.26 bits per heavy atom. The van der Waals surface area contributed by atoms with Crippen molar-refractivity contribution >= 4 is 29.1 Å². The van der Waals surface area contributed by atoms with E-state index in [0.717, 1.165) is 28.6 Å². The highest BCUT2D eigenvalue weighted by atomic mass is 16.6. The number of para-hydroxylation sites is 1. The molecule has 0 N–H and O–H groups in total. The molecular formula is C23H22N4O7. The second-order valence-electron chi connectivity index (χ2n) is 8.67. The number of hydrogen-bond acceptors (Lipinski definition) is 7. The number of benzene rings is 2. The lowest BCUT2D eigenvalue weighted by Crippen LogP contribution is -2.49. The van der Waals surface area contributed by atoms with Gasteiger partial charge in [0.2, 0.25) is 0 Å². The predicted molar refractivity (Wildman–Crippen MR) is 118 cm³/mol. The number of rotatable bonds is 6. The van der Waals surface area contributed by atoms with Crippen molar-refractivity contribution in [3.63, 3.8) is 0 Å². The van der Waals surface area contributed by atoms with E-state index in [1.165, 1.54) is 30.3 Å². The summed E-state index contributed by atoms with van der Waals surface area (Å²) in [6.45, 7) is 1.61. The van der Waals surface area contributed by atoms with E-state index in [0.29, 0.717) is 12.8 Å². The molecule has 11 nitrogen and oxygen atoms in total. The van der Waals surface area contributed by atoms with Crippen molar-refractivity contribution in [3.8, 4) is 0 Å². The number of hydrogen-bond donors (Lipinski definition) is 0. The van der Waals surface area contributed by atoms with Crippen molar-refractivity contribution in [2.45, 2.75) is 32.7 Å². The number of hydrazine groups is 1. The van der Waals surface area contributed by atoms with Gasteiger partial charge < -0.3 is 0 Å². The summed E-state index contributed by atoms with van der Waals surface area (Å²) >= 11 is 0. The van der Waals surface area contributed by atoms with Gasteiger partial charge in [-0.25, -0.2) is 5.01 Å². The van der Waals surface area contributed by atoms with Gasteiger partial charge in [0.15, 0.2) is 0 Å². The molecule has 1 aliphatic carbocycles. The SMILES string of the molecule is C[C@@H]1CC[C@@H]2C(=O)N(N(Cc3ccccc3[N+](=O)[O-])C(=O)c3ccc([N+](=O)[O-])cc3)C(=O)[C@@H]2C1. The van der Waals surface area contributed by atoms with Gasteiger partial charge >= 0.3 is 0 Å². The summed E-state index contributed by atoms with van der Waals surface area (Å²) in [6, 6.07) is 10.5. The largest absolute Gasteiger partial charge is 0.274 e. The third kappa shape index (κ3) is 4.12. The van der Waals surface area contributed by atoms with Gasteiger partial charge in [0.1, 0.15) is 0 Å². The van der Waals surface area contributed by atoms with Gasteiger partial charge in [-0.05, 0) is 37.3 Å². The molecule has 3 atom stereocenters. The van der Waals surface area contributed by atoms with E-state index >= 15 is 0 Å². The monoisotopic (exact) mass is 466 g/mol. The van der Waals surface area contributed by atoms with Crippen molar-refractivity contribution in [2.75, 3.05) is 0 Å². The number of carbonyl (C=O) groups is 3. The minimum Gasteiger partial charge on any atom is -0.272 e. The van der Waals surface area contributed by atoms with E-state index in [1.807, 2.05) is 6.92 Å². The molecule has 2 aliphatic rings. The number of carbonyl (C=O) groups excluding carboxylic acids is 3. The second kappa shape index (κ2) is 9.00. The maximum atomic E-state index is 13.5. The molecule has 1 heterocycles. The first-order chi connectivity index (χ1) is 16.2. The summed E-state index contributed by atoms with van der Waals surface area (Å²) in [6.07, 6.45) is 1.84. The van der Waals surface area contributed by atoms with Crippen LogP contribution in [0.5, 0.6) is 0 Å². The van der Waals surface area contributed by atoms with Crippen molar-refractivity contribution in [2.24, 2.45) is 17.8 Å². The van der Waals surface area contributed by atoms with Crippen molar-refractivity contribution in [1.82, 2.24) is 10.0 Å². The van der Waals surface area contributed by atoms with E-state index in [1.54, 1.807) is 6.07 Å². The number of amides is 3. The quantitative estimate of drug-likeness (QED) is 0.360. The Morgan fingerprint density at radius 1 is 0.971 bits per heavy atom. The summed E-state index contributed by atoms with van der Waals surface area (Å²) in [5.41, 5.74) is -0.330. The number of nitrogens with zero attached hydrogens (tertiary/aromatic N) is 4. The minimum atomic E-state index is -0.763. The Bertz CT molecular complexity index is 1180. The third-order valence-electron chi connectivity index (χ3n) is 6.47. The molecule has 0 unspecified atom stereocenters. The number of non-ortho nitro benzene ring substituents is 1. The number of imide groups is 1. The van der Waals surface area contributed by atoms with Crippen LogP contribution in [0, 0.1) is 38.0 Å². The van der Waals surface area contributed by atoms with E-state index in [-0.39, 0.29) is 35.0 Å². The highest BCUT2D eigenvalue weighted by Gasteiger charge is 2.52. The molecule has 2 aromatic carbocycles. The first-order valence-electron chi connectivity index (χ1n) is 10.9. The molecule has 0 radical (unpaired) electrons. The Morgan fingerprint density at radius 2 is 1.62 bits per heavy atom. The normalized spacial score (nSPS) is 21.8. The van der Waals surface area contributed by atoms with Gasteiger partial charge in [0.25, 0.3) is 29.1 Å². The van der Waals surface area contributed by atoms with Crippen LogP contribution in [0.2, 0.25) is 0 Å². The molecule has 2 fully saturated rings. The molecule has 3 amide bonds. The average Bonchev–Trinajstić information content (AvgIpc) is 3.06. The van der Waals surface area contributed by atoms with Gasteiger partial charge in [-0.3, -0.25) is 34.6 Å². The van der Waals surface area contributed by atoms with Crippen molar-refractivity contribution in [3.05, 3.63) is 79.9 Å². The fraction of sp³-hybridized carbons (Fsp3) is 0.348. The molecule has 1 saturated heterocycles. The Kier molecular flexibility index (Phi) is 6.10. The fourth-order valence-corrected chi connectivity index (χ4v) is 4.70. The lowest BCUT2D eigenvalue weighted by Gasteiger charge is -2.30. The molecule has 1 aliphatic heterocycles. The second-order valence-corrected chi connectivity index (χ2v) is 8.67. The Hall–Kier alpha value is -4.15. The standard InChI is InChI=1S/C23H22N4O7/c1-14-6-11-18-19(12-14)23(30)25(22(18)29)24(13-16-4-2-3-5-20(16)27(33)34)21(28)15-7-9-17(10-8-15)26(31)32/h2-5,7-10,14,18-19H,6,11-13H2,1H3/t14-,18+,19-/m1/s1. The van der Waals surface area contributed by atoms with Crippen LogP contribution < -0.4 is 0 Å². The topological polar surface area (TPSA) is 144 Å². The van der Waals surface area contributed by atoms with Crippen LogP contribution in [0.3, 0.4) is 0 Å². The zero-order valence-corrected chi connectivity index (χ0v) is 18.3. The predicted octanol–water partition coefficient (Wildman–Crippen LogP) is 3.48. The van der Waals surface area contributed by atoms with Crippen LogP contribution in [0.15, 0.2) is 48.5 Å². The van der Waals surface area contributed by atoms with Crippen molar-refractivity contribution < 1.29 is 24.2 Å². The van der Waals surface area contributed by atoms with Crippen LogP contribution in [0.25, 0.3) is 0 Å². The van der Waals surface area contributed by atoms with E-state index in [4.69, 9.17) is 0 Å². The molecule has 0 aromatic heterocycles. The average molecular weight is 466 g/mol. The van der Waals surface area contributed by atoms with Gasteiger partial charge in [-0.1, -0.05) is 25.1 Å². The van der Waals surface area contributed by atoms with Gasteiger partial charge in [-0.2, -0.15) is 5.01 Å². The first-order valence-corrected chi connectivity index (χ1v) is 10.9. The summed E-state index contributed by atoms with van der Waals surface area (Å²) in [4.78, 5) is 61.4. The zero-order chi connectivity index (χ0) is 24.6. The lowest BCUT2D eigenvalue weighted by atomic mass is 9.76. The summed E-state index contributed by atoms with van der Waals surface area (Å²) in [5.74, 6) is -2.60. The number of nitro groups is 2. The Balaban J connectivity index is 1.75. The molecule has 4 rings (SSSR count). The van der Waals surface area contributed by atoms with Crippen LogP contribution in [0.1, 0.15) is 42.1 Å². The van der Waals surface area contributed by atoms with Crippen LogP contribution in [-0.2, 0) is 16.1 Å². The number of fused-ring (bicyclic) bond motifs is 1. The number of nitro benzene ring substituents is 2. The Labute approximate surface area is 194 Å². The molecule has 176 valence electrons. The smallest absolute Gasteiger partial charge is 0.272 e. The molecule has 1 saturated carbocycles. The van der Waals surface area contributed by atoms with Gasteiger partial charge in [-0.15, -0.1) is 0 Å². The molecular weight excluding hydrogens is 444 g/mol. The maximum Gasteiger partial charge on any atom is 0.274 e. The van der Waals surface area contributed by atoms with Crippen LogP contribution in [0.4, 0.5) is 11.4 Å². The zero-order valence-electron chi connectivity index (χ0n) is 18.3. The van der Waals surface area contributed by atoms with E-state index in [2.05, 4.69) is 0 Å². The van der Waals surface area contributed by atoms with Gasteiger partial charge in [0.05, 0.1) is 33.8 Å². The van der Waals surface area contributed by atoms with E-state index < -0.39 is 39.4 Å². The summed E-state index contributed by atoms with van der Waals surface area (Å²) in [7, 11) is 0. The molecule has 34 heavy (non-hydrogen) atoms. The maximum absolute atomic E-state index is 13.5. The van der Waals surface area contributed by atoms with Crippen LogP contribution >= 0.6 is 0 Å². The molecule has 0 spiro atoms. The fourth-order valence-electron chi connectivity index (χ4n) is 4.70. The highest BCUT2D eigenvalue weighted by molar-refractivity contribution is 6.07. The van der Waals surface area contributed by atoms with E-state index in [9.17, 15) is 34.6 Å². The summed E-state index contributed by atoms with van der Waals surface area (Å²) in [5, 5.41) is 24.3. The lowest BCUT2D eigenvalue weighted by molar-refractivity contribution is -0.385. The molecule has 0 bridgehead atoms. The highest BCUT2D eigenvalue weighted by Crippen LogP contribution is 2.41. The minimum absolute atomic E-state index is 0.00743. The molecule has 11 heteroatoms. The molecule has 2 aromatic rings. The first kappa shape index (κ1) is 23.0. The third-order valence-corrected chi connectivity index (χ3v) is 6.47.